The lowest BCUT2D eigenvalue weighted by molar-refractivity contribution is 0.271. The average molecular weight is 273 g/mol. The molecule has 0 aliphatic rings. The topological polar surface area (TPSA) is 41.3 Å². The summed E-state index contributed by atoms with van der Waals surface area (Å²) in [4.78, 5) is 2.32. The third kappa shape index (κ3) is 4.47. The first-order valence-electron chi connectivity index (χ1n) is 7.18. The Labute approximate surface area is 120 Å². The maximum atomic E-state index is 8.75. The Balaban J connectivity index is 1.81. The summed E-state index contributed by atoms with van der Waals surface area (Å²) in [5.74, 6) is 0. The van der Waals surface area contributed by atoms with Gasteiger partial charge in [0.2, 0.25) is 0 Å². The summed E-state index contributed by atoms with van der Waals surface area (Å²) in [6.45, 7) is 2.33. The number of hydrogen-bond donors (Lipinski definition) is 1. The van der Waals surface area contributed by atoms with Gasteiger partial charge in [0, 0.05) is 25.5 Å². The van der Waals surface area contributed by atoms with Crippen molar-refractivity contribution in [3.8, 4) is 5.69 Å². The van der Waals surface area contributed by atoms with Crippen LogP contribution in [0.15, 0.2) is 42.7 Å². The smallest absolute Gasteiger partial charge is 0.0645 e. The van der Waals surface area contributed by atoms with Gasteiger partial charge in [-0.25, -0.2) is 4.68 Å². The first-order valence-corrected chi connectivity index (χ1v) is 7.18. The molecule has 0 spiro atoms. The fourth-order valence-corrected chi connectivity index (χ4v) is 2.24. The minimum atomic E-state index is 0.304. The van der Waals surface area contributed by atoms with Gasteiger partial charge in [-0.1, -0.05) is 12.1 Å². The molecule has 1 aromatic carbocycles. The van der Waals surface area contributed by atoms with Crippen molar-refractivity contribution in [1.82, 2.24) is 14.7 Å². The van der Waals surface area contributed by atoms with E-state index in [1.165, 1.54) is 5.56 Å². The van der Waals surface area contributed by atoms with E-state index >= 15 is 0 Å². The Morgan fingerprint density at radius 2 is 1.95 bits per heavy atom. The minimum Gasteiger partial charge on any atom is -0.396 e. The van der Waals surface area contributed by atoms with E-state index in [9.17, 15) is 0 Å². The summed E-state index contributed by atoms with van der Waals surface area (Å²) in [6, 6.07) is 10.4. The van der Waals surface area contributed by atoms with Crippen LogP contribution in [0, 0.1) is 0 Å². The van der Waals surface area contributed by atoms with Crippen molar-refractivity contribution >= 4 is 0 Å². The zero-order valence-corrected chi connectivity index (χ0v) is 12.1. The molecule has 0 aliphatic heterocycles. The molecular weight excluding hydrogens is 250 g/mol. The molecule has 2 rings (SSSR count). The first kappa shape index (κ1) is 14.8. The van der Waals surface area contributed by atoms with E-state index in [1.54, 1.807) is 6.20 Å². The summed E-state index contributed by atoms with van der Waals surface area (Å²) in [5.41, 5.74) is 2.40. The number of hydrogen-bond acceptors (Lipinski definition) is 3. The highest BCUT2D eigenvalue weighted by atomic mass is 16.2. The lowest BCUT2D eigenvalue weighted by Crippen LogP contribution is -2.19. The molecule has 0 bridgehead atoms. The summed E-state index contributed by atoms with van der Waals surface area (Å²) < 4.78 is 1.86. The van der Waals surface area contributed by atoms with Crippen molar-refractivity contribution in [3.05, 3.63) is 48.3 Å². The van der Waals surface area contributed by atoms with Crippen LogP contribution in [-0.2, 0) is 6.54 Å². The number of rotatable bonds is 8. The van der Waals surface area contributed by atoms with Crippen LogP contribution in [0.4, 0.5) is 0 Å². The number of unbranched alkanes of at least 4 members (excludes halogenated alkanes) is 2. The Hall–Kier alpha value is -1.65. The van der Waals surface area contributed by atoms with Gasteiger partial charge in [0.1, 0.15) is 0 Å². The molecular formula is C16H23N3O. The van der Waals surface area contributed by atoms with Crippen LogP contribution in [0.1, 0.15) is 24.8 Å². The minimum absolute atomic E-state index is 0.304. The van der Waals surface area contributed by atoms with Crippen molar-refractivity contribution in [3.63, 3.8) is 0 Å². The van der Waals surface area contributed by atoms with E-state index in [0.717, 1.165) is 38.0 Å². The predicted molar refractivity (Wildman–Crippen MR) is 80.8 cm³/mol. The molecule has 0 fully saturated rings. The Morgan fingerprint density at radius 3 is 2.60 bits per heavy atom. The van der Waals surface area contributed by atoms with Crippen LogP contribution >= 0.6 is 0 Å². The fraction of sp³-hybridized carbons (Fsp3) is 0.438. The zero-order valence-electron chi connectivity index (χ0n) is 12.1. The highest BCUT2D eigenvalue weighted by Crippen LogP contribution is 2.10. The van der Waals surface area contributed by atoms with Crippen LogP contribution in [0.5, 0.6) is 0 Å². The van der Waals surface area contributed by atoms with E-state index in [1.807, 2.05) is 16.9 Å². The van der Waals surface area contributed by atoms with Gasteiger partial charge in [-0.3, -0.25) is 0 Å². The highest BCUT2D eigenvalue weighted by molar-refractivity contribution is 5.33. The second-order valence-corrected chi connectivity index (χ2v) is 5.14. The molecule has 20 heavy (non-hydrogen) atoms. The summed E-state index contributed by atoms with van der Waals surface area (Å²) in [7, 11) is 2.14. The molecule has 0 radical (unpaired) electrons. The number of benzene rings is 1. The highest BCUT2D eigenvalue weighted by Gasteiger charge is 2.01. The number of aliphatic hydroxyl groups excluding tert-OH is 1. The van der Waals surface area contributed by atoms with Crippen LogP contribution in [0.2, 0.25) is 0 Å². The van der Waals surface area contributed by atoms with Crippen LogP contribution < -0.4 is 0 Å². The fourth-order valence-electron chi connectivity index (χ4n) is 2.24. The summed E-state index contributed by atoms with van der Waals surface area (Å²) in [6.07, 6.45) is 6.88. The average Bonchev–Trinajstić information content (AvgIpc) is 2.99. The van der Waals surface area contributed by atoms with E-state index in [2.05, 4.69) is 41.3 Å². The van der Waals surface area contributed by atoms with E-state index in [0.29, 0.717) is 6.61 Å². The maximum absolute atomic E-state index is 8.75. The van der Waals surface area contributed by atoms with Gasteiger partial charge in [0.05, 0.1) is 5.69 Å². The molecule has 0 unspecified atom stereocenters. The molecule has 4 heteroatoms. The molecule has 4 nitrogen and oxygen atoms in total. The van der Waals surface area contributed by atoms with Crippen molar-refractivity contribution in [2.24, 2.45) is 0 Å². The van der Waals surface area contributed by atoms with Crippen LogP contribution in [0.3, 0.4) is 0 Å². The van der Waals surface area contributed by atoms with Gasteiger partial charge in [0.15, 0.2) is 0 Å². The Morgan fingerprint density at radius 1 is 1.15 bits per heavy atom. The third-order valence-electron chi connectivity index (χ3n) is 3.36. The van der Waals surface area contributed by atoms with E-state index < -0.39 is 0 Å². The monoisotopic (exact) mass is 273 g/mol. The lowest BCUT2D eigenvalue weighted by Gasteiger charge is -2.16. The molecule has 0 aliphatic carbocycles. The number of aliphatic hydroxyl groups is 1. The largest absolute Gasteiger partial charge is 0.396 e. The molecule has 2 aromatic rings. The van der Waals surface area contributed by atoms with Gasteiger partial charge in [-0.15, -0.1) is 0 Å². The maximum Gasteiger partial charge on any atom is 0.0645 e. The number of aromatic nitrogens is 2. The molecule has 0 atom stereocenters. The first-order chi connectivity index (χ1) is 9.79. The molecule has 0 amide bonds. The van der Waals surface area contributed by atoms with Gasteiger partial charge in [-0.05, 0) is 56.6 Å². The SMILES string of the molecule is CN(CCCCCO)Cc1ccc(-n2cccn2)cc1. The van der Waals surface area contributed by atoms with Crippen molar-refractivity contribution in [2.75, 3.05) is 20.2 Å². The van der Waals surface area contributed by atoms with Crippen LogP contribution in [-0.4, -0.2) is 40.0 Å². The van der Waals surface area contributed by atoms with Crippen molar-refractivity contribution in [2.45, 2.75) is 25.8 Å². The molecule has 0 saturated heterocycles. The summed E-state index contributed by atoms with van der Waals surface area (Å²) in [5, 5.41) is 13.0. The Kier molecular flexibility index (Phi) is 5.77. The van der Waals surface area contributed by atoms with Gasteiger partial charge >= 0.3 is 0 Å². The van der Waals surface area contributed by atoms with Gasteiger partial charge < -0.3 is 10.0 Å². The zero-order chi connectivity index (χ0) is 14.2. The standard InChI is InChI=1S/C16H23N3O/c1-18(11-3-2-4-13-20)14-15-6-8-16(9-7-15)19-12-5-10-17-19/h5-10,12,20H,2-4,11,13-14H2,1H3. The van der Waals surface area contributed by atoms with E-state index in [4.69, 9.17) is 5.11 Å². The number of nitrogens with zero attached hydrogens (tertiary/aromatic N) is 3. The molecule has 1 aromatic heterocycles. The van der Waals surface area contributed by atoms with Crippen molar-refractivity contribution < 1.29 is 5.11 Å². The summed E-state index contributed by atoms with van der Waals surface area (Å²) >= 11 is 0. The molecule has 108 valence electrons. The predicted octanol–water partition coefficient (Wildman–Crippen LogP) is 2.47. The molecule has 1 N–H and O–H groups in total. The molecule has 0 saturated carbocycles. The second kappa shape index (κ2) is 7.82. The quantitative estimate of drug-likeness (QED) is 0.751. The van der Waals surface area contributed by atoms with Crippen molar-refractivity contribution in [1.29, 1.82) is 0 Å². The van der Waals surface area contributed by atoms with E-state index in [-0.39, 0.29) is 0 Å². The lowest BCUT2D eigenvalue weighted by atomic mass is 10.2. The van der Waals surface area contributed by atoms with Gasteiger partial charge in [-0.2, -0.15) is 5.10 Å². The van der Waals surface area contributed by atoms with Gasteiger partial charge in [0.25, 0.3) is 0 Å². The normalized spacial score (nSPS) is 11.2. The molecule has 1 heterocycles. The Bertz CT molecular complexity index is 479. The third-order valence-corrected chi connectivity index (χ3v) is 3.36. The van der Waals surface area contributed by atoms with Crippen LogP contribution in [0.25, 0.3) is 5.69 Å². The second-order valence-electron chi connectivity index (χ2n) is 5.14.